The molecule has 0 atom stereocenters. The fraction of sp³-hybridized carbons (Fsp3) is 0.231. The molecule has 2 N–H and O–H groups in total. The second-order valence-corrected chi connectivity index (χ2v) is 10.2. The molecule has 4 aromatic rings. The number of nitrogens with one attached hydrogen (secondary N) is 2. The van der Waals surface area contributed by atoms with E-state index in [0.717, 1.165) is 33.6 Å². The minimum Gasteiger partial charge on any atom is -0.337 e. The number of carbonyl (C=O) groups excluding carboxylic acids is 1. The summed E-state index contributed by atoms with van der Waals surface area (Å²) >= 11 is 0. The summed E-state index contributed by atoms with van der Waals surface area (Å²) in [5.74, 6) is 0.620. The number of aromatic nitrogens is 3. The molecule has 0 fully saturated rings. The Morgan fingerprint density at radius 3 is 2.39 bits per heavy atom. The standard InChI is InChI=1S/C26H26N6O3S/c1-17-4-10-22(11-5-17)36(34,35)31-26(33)28-15-13-20-6-8-21(9-7-20)32-23(12-14-27)30-24-18(2)16-19(3)29-25(24)32/h4-11,16H,12-13,15H2,1-3H3,(H2,28,31,33). The monoisotopic (exact) mass is 502 g/mol. The van der Waals surface area contributed by atoms with Gasteiger partial charge in [-0.1, -0.05) is 29.8 Å². The SMILES string of the molecule is Cc1ccc(S(=O)(=O)NC(=O)NCCc2ccc(-n3c(CC#N)nc4c(C)cc(C)nc43)cc2)cc1. The van der Waals surface area contributed by atoms with E-state index in [4.69, 9.17) is 0 Å². The van der Waals surface area contributed by atoms with Crippen molar-refractivity contribution in [1.29, 1.82) is 5.26 Å². The fourth-order valence-corrected chi connectivity index (χ4v) is 4.86. The van der Waals surface area contributed by atoms with Crippen molar-refractivity contribution in [2.45, 2.75) is 38.5 Å². The molecular formula is C26H26N6O3S. The lowest BCUT2D eigenvalue weighted by Gasteiger charge is -2.10. The molecule has 0 saturated heterocycles. The van der Waals surface area contributed by atoms with Gasteiger partial charge in [0.1, 0.15) is 11.3 Å². The zero-order valence-electron chi connectivity index (χ0n) is 20.2. The van der Waals surface area contributed by atoms with E-state index in [9.17, 15) is 18.5 Å². The van der Waals surface area contributed by atoms with Crippen molar-refractivity contribution >= 4 is 27.2 Å². The number of carbonyl (C=O) groups is 1. The van der Waals surface area contributed by atoms with Gasteiger partial charge in [0, 0.05) is 17.9 Å². The van der Waals surface area contributed by atoms with Crippen LogP contribution < -0.4 is 10.0 Å². The highest BCUT2D eigenvalue weighted by Gasteiger charge is 2.18. The Hall–Kier alpha value is -4.23. The average Bonchev–Trinajstić information content (AvgIpc) is 3.18. The minimum atomic E-state index is -3.93. The lowest BCUT2D eigenvalue weighted by molar-refractivity contribution is 0.246. The van der Waals surface area contributed by atoms with E-state index in [-0.39, 0.29) is 17.9 Å². The van der Waals surface area contributed by atoms with E-state index < -0.39 is 16.1 Å². The topological polar surface area (TPSA) is 130 Å². The Bertz CT molecular complexity index is 1570. The summed E-state index contributed by atoms with van der Waals surface area (Å²) in [6.07, 6.45) is 0.658. The van der Waals surface area contributed by atoms with E-state index >= 15 is 0 Å². The highest BCUT2D eigenvalue weighted by Crippen LogP contribution is 2.24. The van der Waals surface area contributed by atoms with Crippen molar-refractivity contribution in [3.8, 4) is 11.8 Å². The Morgan fingerprint density at radius 1 is 1.03 bits per heavy atom. The number of rotatable bonds is 7. The number of imidazole rings is 1. The van der Waals surface area contributed by atoms with Gasteiger partial charge in [-0.05, 0) is 68.7 Å². The van der Waals surface area contributed by atoms with Crippen LogP contribution in [-0.2, 0) is 22.9 Å². The van der Waals surface area contributed by atoms with E-state index in [1.165, 1.54) is 12.1 Å². The first kappa shape index (κ1) is 24.9. The molecule has 0 spiro atoms. The third kappa shape index (κ3) is 5.37. The third-order valence-corrected chi connectivity index (χ3v) is 7.04. The molecule has 2 aromatic heterocycles. The zero-order valence-corrected chi connectivity index (χ0v) is 21.1. The molecule has 9 nitrogen and oxygen atoms in total. The molecule has 0 bridgehead atoms. The average molecular weight is 503 g/mol. The van der Waals surface area contributed by atoms with Gasteiger partial charge in [0.15, 0.2) is 5.65 Å². The first-order valence-electron chi connectivity index (χ1n) is 11.4. The van der Waals surface area contributed by atoms with Crippen LogP contribution in [0.3, 0.4) is 0 Å². The number of amides is 2. The molecule has 0 aliphatic rings. The van der Waals surface area contributed by atoms with Crippen LogP contribution in [0.1, 0.15) is 28.2 Å². The molecule has 0 aliphatic carbocycles. The molecule has 10 heteroatoms. The van der Waals surface area contributed by atoms with E-state index in [1.807, 2.05) is 60.4 Å². The number of fused-ring (bicyclic) bond motifs is 1. The number of benzene rings is 2. The molecule has 2 amide bonds. The largest absolute Gasteiger partial charge is 0.337 e. The zero-order chi connectivity index (χ0) is 25.9. The summed E-state index contributed by atoms with van der Waals surface area (Å²) < 4.78 is 28.6. The van der Waals surface area contributed by atoms with Crippen molar-refractivity contribution in [2.75, 3.05) is 6.54 Å². The Balaban J connectivity index is 1.43. The number of nitriles is 1. The summed E-state index contributed by atoms with van der Waals surface area (Å²) in [5.41, 5.74) is 6.06. The Labute approximate surface area is 209 Å². The van der Waals surface area contributed by atoms with Gasteiger partial charge >= 0.3 is 6.03 Å². The predicted octanol–water partition coefficient (Wildman–Crippen LogP) is 3.64. The summed E-state index contributed by atoms with van der Waals surface area (Å²) in [5, 5.41) is 11.9. The van der Waals surface area contributed by atoms with Crippen molar-refractivity contribution in [2.24, 2.45) is 0 Å². The lowest BCUT2D eigenvalue weighted by Crippen LogP contribution is -2.40. The van der Waals surface area contributed by atoms with Gasteiger partial charge in [-0.25, -0.2) is 27.9 Å². The second kappa shape index (κ2) is 10.2. The molecule has 2 heterocycles. The maximum atomic E-state index is 12.3. The van der Waals surface area contributed by atoms with Crippen LogP contribution in [-0.4, -0.2) is 35.5 Å². The molecular weight excluding hydrogens is 476 g/mol. The van der Waals surface area contributed by atoms with E-state index in [1.54, 1.807) is 12.1 Å². The first-order valence-corrected chi connectivity index (χ1v) is 12.9. The molecule has 2 aromatic carbocycles. The fourth-order valence-electron chi connectivity index (χ4n) is 3.93. The van der Waals surface area contributed by atoms with Crippen molar-refractivity contribution in [3.63, 3.8) is 0 Å². The van der Waals surface area contributed by atoms with Gasteiger partial charge in [-0.3, -0.25) is 4.57 Å². The molecule has 0 aliphatic heterocycles. The summed E-state index contributed by atoms with van der Waals surface area (Å²) in [4.78, 5) is 21.5. The van der Waals surface area contributed by atoms with Gasteiger partial charge < -0.3 is 5.32 Å². The molecule has 0 unspecified atom stereocenters. The van der Waals surface area contributed by atoms with Crippen LogP contribution in [0.4, 0.5) is 4.79 Å². The first-order chi connectivity index (χ1) is 17.2. The van der Waals surface area contributed by atoms with Crippen LogP contribution in [0.25, 0.3) is 16.9 Å². The van der Waals surface area contributed by atoms with Gasteiger partial charge in [0.2, 0.25) is 0 Å². The predicted molar refractivity (Wildman–Crippen MR) is 136 cm³/mol. The van der Waals surface area contributed by atoms with Crippen LogP contribution in [0.15, 0.2) is 59.5 Å². The summed E-state index contributed by atoms with van der Waals surface area (Å²) in [6.45, 7) is 6.00. The quantitative estimate of drug-likeness (QED) is 0.397. The van der Waals surface area contributed by atoms with Crippen LogP contribution >= 0.6 is 0 Å². The number of hydrogen-bond acceptors (Lipinski definition) is 6. The molecule has 4 rings (SSSR count). The van der Waals surface area contributed by atoms with Gasteiger partial charge in [-0.15, -0.1) is 0 Å². The maximum absolute atomic E-state index is 12.3. The van der Waals surface area contributed by atoms with Crippen molar-refractivity contribution < 1.29 is 13.2 Å². The van der Waals surface area contributed by atoms with Crippen LogP contribution in [0.5, 0.6) is 0 Å². The van der Waals surface area contributed by atoms with E-state index in [0.29, 0.717) is 17.9 Å². The van der Waals surface area contributed by atoms with Gasteiger partial charge in [0.25, 0.3) is 10.0 Å². The lowest BCUT2D eigenvalue weighted by atomic mass is 10.1. The van der Waals surface area contributed by atoms with Crippen LogP contribution in [0.2, 0.25) is 0 Å². The van der Waals surface area contributed by atoms with Crippen molar-refractivity contribution in [3.05, 3.63) is 82.8 Å². The van der Waals surface area contributed by atoms with E-state index in [2.05, 4.69) is 21.4 Å². The van der Waals surface area contributed by atoms with Crippen LogP contribution in [0, 0.1) is 32.1 Å². The molecule has 184 valence electrons. The van der Waals surface area contributed by atoms with Crippen molar-refractivity contribution in [1.82, 2.24) is 24.6 Å². The smallest absolute Gasteiger partial charge is 0.328 e. The molecule has 0 saturated carbocycles. The number of nitrogens with zero attached hydrogens (tertiary/aromatic N) is 4. The number of hydrogen-bond donors (Lipinski definition) is 2. The highest BCUT2D eigenvalue weighted by molar-refractivity contribution is 7.90. The molecule has 0 radical (unpaired) electrons. The second-order valence-electron chi connectivity index (χ2n) is 8.54. The Kier molecular flexibility index (Phi) is 7.03. The number of sulfonamides is 1. The number of pyridine rings is 1. The summed E-state index contributed by atoms with van der Waals surface area (Å²) in [6, 6.07) is 17.3. The maximum Gasteiger partial charge on any atom is 0.328 e. The number of urea groups is 1. The third-order valence-electron chi connectivity index (χ3n) is 5.69. The Morgan fingerprint density at radius 2 is 1.72 bits per heavy atom. The highest BCUT2D eigenvalue weighted by atomic mass is 32.2. The minimum absolute atomic E-state index is 0.0292. The summed E-state index contributed by atoms with van der Waals surface area (Å²) in [7, 11) is -3.93. The number of aryl methyl sites for hydroxylation is 3. The molecule has 36 heavy (non-hydrogen) atoms. The normalized spacial score (nSPS) is 11.3. The van der Waals surface area contributed by atoms with Gasteiger partial charge in [0.05, 0.1) is 17.4 Å². The van der Waals surface area contributed by atoms with Gasteiger partial charge in [-0.2, -0.15) is 5.26 Å².